The van der Waals surface area contributed by atoms with Gasteiger partial charge in [0.1, 0.15) is 11.5 Å². The van der Waals surface area contributed by atoms with E-state index in [0.717, 1.165) is 39.7 Å². The van der Waals surface area contributed by atoms with Crippen LogP contribution in [0.2, 0.25) is 0 Å². The molecule has 0 spiro atoms. The molecule has 206 valence electrons. The molecule has 0 saturated carbocycles. The summed E-state index contributed by atoms with van der Waals surface area (Å²) >= 11 is 1.36. The first kappa shape index (κ1) is 27.6. The molecule has 1 saturated heterocycles. The van der Waals surface area contributed by atoms with Gasteiger partial charge in [-0.2, -0.15) is 0 Å². The monoisotopic (exact) mass is 554 g/mol. The van der Waals surface area contributed by atoms with E-state index in [1.165, 1.54) is 16.2 Å². The van der Waals surface area contributed by atoms with Crippen LogP contribution >= 0.6 is 11.3 Å². The molecule has 5 rings (SSSR count). The first-order valence-corrected chi connectivity index (χ1v) is 14.4. The van der Waals surface area contributed by atoms with E-state index in [-0.39, 0.29) is 16.7 Å². The fourth-order valence-corrected chi connectivity index (χ4v) is 5.95. The highest BCUT2D eigenvalue weighted by atomic mass is 32.1. The van der Waals surface area contributed by atoms with E-state index in [1.807, 2.05) is 55.5 Å². The van der Waals surface area contributed by atoms with Gasteiger partial charge in [-0.05, 0) is 59.7 Å². The standard InChI is InChI=1S/C33H34N2O4S/c1-6-7-17-39-24-10-8-9-22(19-24)29(36)27-28(21-12-14-23(15-13-21)33(3,4)5)35(31(38)30(27)37)32-34-25-16-11-20(2)18-26(25)40-32/h8-16,18-19,28,36H,6-7,17H2,1-5H3/b29-27+. The number of aliphatic hydroxyl groups excluding tert-OH is 1. The number of hydrogen-bond acceptors (Lipinski definition) is 6. The number of Topliss-reactive ketones (excluding diaryl/α,β-unsaturated/α-hetero) is 1. The molecule has 7 heteroatoms. The molecule has 1 aromatic heterocycles. The minimum absolute atomic E-state index is 0.0367. The molecule has 0 aliphatic carbocycles. The van der Waals surface area contributed by atoms with Crippen molar-refractivity contribution in [2.24, 2.45) is 0 Å². The van der Waals surface area contributed by atoms with Gasteiger partial charge in [-0.25, -0.2) is 4.98 Å². The van der Waals surface area contributed by atoms with Gasteiger partial charge in [-0.1, -0.05) is 87.9 Å². The molecule has 1 amide bonds. The number of anilines is 1. The average molecular weight is 555 g/mol. The van der Waals surface area contributed by atoms with Crippen LogP contribution in [-0.2, 0) is 15.0 Å². The number of hydrogen-bond donors (Lipinski definition) is 1. The molecular weight excluding hydrogens is 520 g/mol. The normalized spacial score (nSPS) is 17.1. The number of aryl methyl sites for hydroxylation is 1. The Balaban J connectivity index is 1.65. The lowest BCUT2D eigenvalue weighted by Gasteiger charge is -2.24. The maximum atomic E-state index is 13.6. The number of aromatic nitrogens is 1. The number of nitrogens with zero attached hydrogens (tertiary/aromatic N) is 2. The fraction of sp³-hybridized carbons (Fsp3) is 0.303. The zero-order valence-corrected chi connectivity index (χ0v) is 24.3. The van der Waals surface area contributed by atoms with Crippen LogP contribution in [-0.4, -0.2) is 28.4 Å². The van der Waals surface area contributed by atoms with Crippen molar-refractivity contribution in [2.75, 3.05) is 11.5 Å². The molecule has 1 aliphatic rings. The van der Waals surface area contributed by atoms with Gasteiger partial charge in [0, 0.05) is 5.56 Å². The summed E-state index contributed by atoms with van der Waals surface area (Å²) in [5.41, 5.74) is 4.08. The number of ketones is 1. The van der Waals surface area contributed by atoms with Gasteiger partial charge in [-0.15, -0.1) is 0 Å². The van der Waals surface area contributed by atoms with Crippen LogP contribution < -0.4 is 9.64 Å². The van der Waals surface area contributed by atoms with Gasteiger partial charge in [0.15, 0.2) is 5.13 Å². The number of aliphatic hydroxyl groups is 1. The van der Waals surface area contributed by atoms with Crippen LogP contribution in [0.15, 0.2) is 72.3 Å². The number of ether oxygens (including phenoxy) is 1. The number of amides is 1. The topological polar surface area (TPSA) is 79.7 Å². The summed E-state index contributed by atoms with van der Waals surface area (Å²) in [6.07, 6.45) is 1.91. The molecular formula is C33H34N2O4S. The SMILES string of the molecule is CCCCOc1cccc(/C(O)=C2\C(=O)C(=O)N(c3nc4ccc(C)cc4s3)C2c2ccc(C(C)(C)C)cc2)c1. The summed E-state index contributed by atoms with van der Waals surface area (Å²) in [4.78, 5) is 33.4. The highest BCUT2D eigenvalue weighted by Crippen LogP contribution is 2.45. The Morgan fingerprint density at radius 1 is 1.05 bits per heavy atom. The Kier molecular flexibility index (Phi) is 7.51. The number of unbranched alkanes of at least 4 members (excludes halogenated alkanes) is 1. The molecule has 1 aliphatic heterocycles. The Labute approximate surface area is 238 Å². The minimum atomic E-state index is -0.833. The maximum absolute atomic E-state index is 13.6. The number of fused-ring (bicyclic) bond motifs is 1. The Hall–Kier alpha value is -3.97. The lowest BCUT2D eigenvalue weighted by Crippen LogP contribution is -2.29. The first-order chi connectivity index (χ1) is 19.1. The second-order valence-corrected chi connectivity index (χ2v) is 12.2. The van der Waals surface area contributed by atoms with Crippen molar-refractivity contribution in [1.29, 1.82) is 0 Å². The van der Waals surface area contributed by atoms with Gasteiger partial charge in [0.25, 0.3) is 5.78 Å². The number of carbonyl (C=O) groups excluding carboxylic acids is 2. The summed E-state index contributed by atoms with van der Waals surface area (Å²) in [5.74, 6) is -1.09. The van der Waals surface area contributed by atoms with Gasteiger partial charge < -0.3 is 9.84 Å². The van der Waals surface area contributed by atoms with Gasteiger partial charge in [-0.3, -0.25) is 14.5 Å². The summed E-state index contributed by atoms with van der Waals surface area (Å²) in [6, 6.07) is 20.0. The highest BCUT2D eigenvalue weighted by Gasteiger charge is 2.48. The van der Waals surface area contributed by atoms with Crippen LogP contribution in [0, 0.1) is 6.92 Å². The van der Waals surface area contributed by atoms with Crippen molar-refractivity contribution in [3.8, 4) is 5.75 Å². The van der Waals surface area contributed by atoms with E-state index in [2.05, 4.69) is 27.7 Å². The highest BCUT2D eigenvalue weighted by molar-refractivity contribution is 7.22. The molecule has 2 heterocycles. The zero-order chi connectivity index (χ0) is 28.6. The van der Waals surface area contributed by atoms with Crippen molar-refractivity contribution >= 4 is 44.1 Å². The Morgan fingerprint density at radius 3 is 2.50 bits per heavy atom. The fourth-order valence-electron chi connectivity index (χ4n) is 4.86. The van der Waals surface area contributed by atoms with Crippen LogP contribution in [0.5, 0.6) is 5.75 Å². The van der Waals surface area contributed by atoms with Crippen molar-refractivity contribution in [3.05, 3.63) is 94.6 Å². The second kappa shape index (κ2) is 10.9. The summed E-state index contributed by atoms with van der Waals surface area (Å²) in [5, 5.41) is 12.0. The molecule has 0 radical (unpaired) electrons. The lowest BCUT2D eigenvalue weighted by atomic mass is 9.85. The molecule has 6 nitrogen and oxygen atoms in total. The average Bonchev–Trinajstić information content (AvgIpc) is 3.45. The quantitative estimate of drug-likeness (QED) is 0.110. The van der Waals surface area contributed by atoms with Crippen molar-refractivity contribution < 1.29 is 19.4 Å². The lowest BCUT2D eigenvalue weighted by molar-refractivity contribution is -0.132. The smallest absolute Gasteiger partial charge is 0.301 e. The number of thiazole rings is 1. The Bertz CT molecular complexity index is 1610. The summed E-state index contributed by atoms with van der Waals surface area (Å²) in [7, 11) is 0. The predicted octanol–water partition coefficient (Wildman–Crippen LogP) is 7.71. The third-order valence-electron chi connectivity index (χ3n) is 7.15. The molecule has 3 aromatic carbocycles. The van der Waals surface area contributed by atoms with Crippen LogP contribution in [0.3, 0.4) is 0 Å². The Morgan fingerprint density at radius 2 is 1.80 bits per heavy atom. The second-order valence-electron chi connectivity index (χ2n) is 11.2. The van der Waals surface area contributed by atoms with Crippen LogP contribution in [0.25, 0.3) is 16.0 Å². The molecule has 1 fully saturated rings. The predicted molar refractivity (Wildman–Crippen MR) is 161 cm³/mol. The third kappa shape index (κ3) is 5.26. The van der Waals surface area contributed by atoms with E-state index in [0.29, 0.717) is 23.1 Å². The first-order valence-electron chi connectivity index (χ1n) is 13.6. The van der Waals surface area contributed by atoms with Gasteiger partial charge in [0.2, 0.25) is 0 Å². The molecule has 1 atom stereocenters. The van der Waals surface area contributed by atoms with E-state index in [4.69, 9.17) is 9.72 Å². The van der Waals surface area contributed by atoms with Crippen LogP contribution in [0.4, 0.5) is 5.13 Å². The molecule has 1 unspecified atom stereocenters. The molecule has 40 heavy (non-hydrogen) atoms. The zero-order valence-electron chi connectivity index (χ0n) is 23.5. The van der Waals surface area contributed by atoms with Gasteiger partial charge >= 0.3 is 5.91 Å². The minimum Gasteiger partial charge on any atom is -0.507 e. The van der Waals surface area contributed by atoms with Gasteiger partial charge in [0.05, 0.1) is 28.4 Å². The third-order valence-corrected chi connectivity index (χ3v) is 8.17. The van der Waals surface area contributed by atoms with E-state index < -0.39 is 17.7 Å². The van der Waals surface area contributed by atoms with E-state index in [1.54, 1.807) is 18.2 Å². The van der Waals surface area contributed by atoms with Crippen molar-refractivity contribution in [3.63, 3.8) is 0 Å². The van der Waals surface area contributed by atoms with Crippen molar-refractivity contribution in [1.82, 2.24) is 4.98 Å². The summed E-state index contributed by atoms with van der Waals surface area (Å²) < 4.78 is 6.76. The molecule has 1 N–H and O–H groups in total. The summed E-state index contributed by atoms with van der Waals surface area (Å²) in [6.45, 7) is 11.0. The van der Waals surface area contributed by atoms with Crippen molar-refractivity contribution in [2.45, 2.75) is 58.9 Å². The number of benzene rings is 3. The molecule has 4 aromatic rings. The van der Waals surface area contributed by atoms with Crippen LogP contribution in [0.1, 0.15) is 68.8 Å². The van der Waals surface area contributed by atoms with E-state index >= 15 is 0 Å². The largest absolute Gasteiger partial charge is 0.507 e. The maximum Gasteiger partial charge on any atom is 0.301 e. The van der Waals surface area contributed by atoms with E-state index in [9.17, 15) is 14.7 Å². The number of carbonyl (C=O) groups is 2. The number of rotatable bonds is 7. The molecule has 0 bridgehead atoms.